The monoisotopic (exact) mass is 431 g/mol. The van der Waals surface area contributed by atoms with E-state index in [1.165, 1.54) is 18.2 Å². The van der Waals surface area contributed by atoms with Crippen molar-refractivity contribution in [3.63, 3.8) is 0 Å². The lowest BCUT2D eigenvalue weighted by Gasteiger charge is -2.18. The third-order valence-corrected chi connectivity index (χ3v) is 4.93. The number of allylic oxidation sites excluding steroid dienone is 1. The van der Waals surface area contributed by atoms with Crippen LogP contribution < -0.4 is 9.47 Å². The van der Waals surface area contributed by atoms with Crippen LogP contribution in [0.25, 0.3) is 6.08 Å². The molecule has 0 saturated carbocycles. The largest absolute Gasteiger partial charge is 0.497 e. The van der Waals surface area contributed by atoms with Gasteiger partial charge in [-0.1, -0.05) is 57.2 Å². The molecular weight excluding hydrogens is 406 g/mol. The maximum Gasteiger partial charge on any atom is 0.312 e. The Labute approximate surface area is 187 Å². The van der Waals surface area contributed by atoms with E-state index >= 15 is 0 Å². The van der Waals surface area contributed by atoms with Crippen molar-refractivity contribution in [3.8, 4) is 17.2 Å². The molecule has 3 rings (SSSR count). The number of hydrogen-bond donors (Lipinski definition) is 0. The summed E-state index contributed by atoms with van der Waals surface area (Å²) in [5, 5.41) is 11.6. The Kier molecular flexibility index (Phi) is 6.73. The van der Waals surface area contributed by atoms with E-state index in [-0.39, 0.29) is 22.6 Å². The first-order valence-electron chi connectivity index (χ1n) is 10.1. The Morgan fingerprint density at radius 2 is 1.56 bits per heavy atom. The lowest BCUT2D eigenvalue weighted by Crippen LogP contribution is -2.11. The lowest BCUT2D eigenvalue weighted by molar-refractivity contribution is -0.385. The molecule has 0 aromatic heterocycles. The van der Waals surface area contributed by atoms with Gasteiger partial charge in [-0.25, -0.2) is 0 Å². The third kappa shape index (κ3) is 5.60. The molecule has 0 aliphatic heterocycles. The van der Waals surface area contributed by atoms with Gasteiger partial charge in [0.2, 0.25) is 5.75 Å². The normalized spacial score (nSPS) is 11.4. The molecule has 0 aliphatic carbocycles. The number of carbonyl (C=O) groups is 1. The van der Waals surface area contributed by atoms with Gasteiger partial charge in [0.15, 0.2) is 5.78 Å². The summed E-state index contributed by atoms with van der Waals surface area (Å²) in [6.07, 6.45) is 2.97. The van der Waals surface area contributed by atoms with Crippen LogP contribution in [0.15, 0.2) is 72.8 Å². The number of nitro benzene ring substituents is 1. The standard InChI is InChI=1S/C26H25NO5/c1-26(2,3)20-9-7-19(8-10-20)24(28)15-5-18-6-16-25(23(17-18)27(29)30)32-22-13-11-21(31-4)12-14-22/h5-17H,1-4H3. The molecule has 0 unspecified atom stereocenters. The van der Waals surface area contributed by atoms with Gasteiger partial charge in [0, 0.05) is 11.6 Å². The van der Waals surface area contributed by atoms with Crippen LogP contribution in [0.2, 0.25) is 0 Å². The summed E-state index contributed by atoms with van der Waals surface area (Å²) in [6, 6.07) is 18.8. The molecule has 164 valence electrons. The highest BCUT2D eigenvalue weighted by molar-refractivity contribution is 6.06. The van der Waals surface area contributed by atoms with Crippen molar-refractivity contribution in [2.45, 2.75) is 26.2 Å². The van der Waals surface area contributed by atoms with Crippen molar-refractivity contribution < 1.29 is 19.2 Å². The van der Waals surface area contributed by atoms with Gasteiger partial charge in [0.25, 0.3) is 0 Å². The van der Waals surface area contributed by atoms with Gasteiger partial charge in [-0.3, -0.25) is 14.9 Å². The molecule has 0 saturated heterocycles. The minimum absolute atomic E-state index is 0.00594. The van der Waals surface area contributed by atoms with Crippen LogP contribution in [0.5, 0.6) is 17.2 Å². The molecule has 0 atom stereocenters. The molecule has 0 bridgehead atoms. The van der Waals surface area contributed by atoms with Crippen LogP contribution in [-0.4, -0.2) is 17.8 Å². The number of nitro groups is 1. The van der Waals surface area contributed by atoms with E-state index in [4.69, 9.17) is 9.47 Å². The van der Waals surface area contributed by atoms with Crippen LogP contribution in [-0.2, 0) is 5.41 Å². The van der Waals surface area contributed by atoms with Crippen LogP contribution in [0.1, 0.15) is 42.3 Å². The van der Waals surface area contributed by atoms with E-state index < -0.39 is 4.92 Å². The average molecular weight is 431 g/mol. The predicted molar refractivity (Wildman–Crippen MR) is 125 cm³/mol. The van der Waals surface area contributed by atoms with Crippen LogP contribution in [0, 0.1) is 10.1 Å². The quantitative estimate of drug-likeness (QED) is 0.182. The maximum absolute atomic E-state index is 12.5. The highest BCUT2D eigenvalue weighted by Gasteiger charge is 2.17. The smallest absolute Gasteiger partial charge is 0.312 e. The molecule has 0 amide bonds. The molecular formula is C26H25NO5. The maximum atomic E-state index is 12.5. The van der Waals surface area contributed by atoms with Gasteiger partial charge in [-0.2, -0.15) is 0 Å². The van der Waals surface area contributed by atoms with Gasteiger partial charge < -0.3 is 9.47 Å². The zero-order valence-corrected chi connectivity index (χ0v) is 18.5. The SMILES string of the molecule is COc1ccc(Oc2ccc(C=CC(=O)c3ccc(C(C)(C)C)cc3)cc2[N+](=O)[O-])cc1. The fourth-order valence-electron chi connectivity index (χ4n) is 3.04. The molecule has 0 heterocycles. The number of ketones is 1. The minimum Gasteiger partial charge on any atom is -0.497 e. The van der Waals surface area contributed by atoms with Gasteiger partial charge in [-0.05, 0) is 52.9 Å². The average Bonchev–Trinajstić information content (AvgIpc) is 2.78. The number of hydrogen-bond acceptors (Lipinski definition) is 5. The second-order valence-corrected chi connectivity index (χ2v) is 8.29. The minimum atomic E-state index is -0.511. The zero-order chi connectivity index (χ0) is 23.3. The third-order valence-electron chi connectivity index (χ3n) is 4.93. The lowest BCUT2D eigenvalue weighted by atomic mass is 9.86. The van der Waals surface area contributed by atoms with Crippen molar-refractivity contribution in [1.29, 1.82) is 0 Å². The second kappa shape index (κ2) is 9.47. The Morgan fingerprint density at radius 1 is 0.938 bits per heavy atom. The van der Waals surface area contributed by atoms with Crippen molar-refractivity contribution in [2.75, 3.05) is 7.11 Å². The molecule has 3 aromatic rings. The molecule has 6 nitrogen and oxygen atoms in total. The van der Waals surface area contributed by atoms with Gasteiger partial charge in [0.1, 0.15) is 11.5 Å². The Morgan fingerprint density at radius 3 is 2.12 bits per heavy atom. The molecule has 0 radical (unpaired) electrons. The van der Waals surface area contributed by atoms with E-state index in [1.807, 2.05) is 12.1 Å². The Bertz CT molecular complexity index is 1140. The summed E-state index contributed by atoms with van der Waals surface area (Å²) in [4.78, 5) is 23.5. The summed E-state index contributed by atoms with van der Waals surface area (Å²) < 4.78 is 10.8. The first kappa shape index (κ1) is 22.7. The fourth-order valence-corrected chi connectivity index (χ4v) is 3.04. The summed E-state index contributed by atoms with van der Waals surface area (Å²) >= 11 is 0. The summed E-state index contributed by atoms with van der Waals surface area (Å²) in [5.41, 5.74) is 2.04. The van der Waals surface area contributed by atoms with Crippen molar-refractivity contribution in [1.82, 2.24) is 0 Å². The number of ether oxygens (including phenoxy) is 2. The van der Waals surface area contributed by atoms with Crippen LogP contribution >= 0.6 is 0 Å². The van der Waals surface area contributed by atoms with Crippen LogP contribution in [0.3, 0.4) is 0 Å². The van der Waals surface area contributed by atoms with Crippen molar-refractivity contribution in [3.05, 3.63) is 99.6 Å². The Hall–Kier alpha value is -3.93. The van der Waals surface area contributed by atoms with Gasteiger partial charge >= 0.3 is 5.69 Å². The summed E-state index contributed by atoms with van der Waals surface area (Å²) in [7, 11) is 1.55. The number of rotatable bonds is 7. The molecule has 0 fully saturated rings. The molecule has 32 heavy (non-hydrogen) atoms. The molecule has 0 spiro atoms. The van der Waals surface area contributed by atoms with Crippen LogP contribution in [0.4, 0.5) is 5.69 Å². The fraction of sp³-hybridized carbons (Fsp3) is 0.192. The summed E-state index contributed by atoms with van der Waals surface area (Å²) in [5.74, 6) is 1.05. The highest BCUT2D eigenvalue weighted by Crippen LogP contribution is 2.33. The molecule has 3 aromatic carbocycles. The molecule has 0 aliphatic rings. The van der Waals surface area contributed by atoms with Gasteiger partial charge in [-0.15, -0.1) is 0 Å². The highest BCUT2D eigenvalue weighted by atomic mass is 16.6. The number of benzene rings is 3. The Balaban J connectivity index is 1.77. The topological polar surface area (TPSA) is 78.7 Å². The van der Waals surface area contributed by atoms with E-state index in [0.29, 0.717) is 22.6 Å². The second-order valence-electron chi connectivity index (χ2n) is 8.29. The molecule has 0 N–H and O–H groups in total. The summed E-state index contributed by atoms with van der Waals surface area (Å²) in [6.45, 7) is 6.33. The van der Waals surface area contributed by atoms with Crippen molar-refractivity contribution in [2.24, 2.45) is 0 Å². The predicted octanol–water partition coefficient (Wildman–Crippen LogP) is 6.59. The first-order valence-corrected chi connectivity index (χ1v) is 10.1. The zero-order valence-electron chi connectivity index (χ0n) is 18.5. The van der Waals surface area contributed by atoms with E-state index in [1.54, 1.807) is 55.7 Å². The van der Waals surface area contributed by atoms with E-state index in [0.717, 1.165) is 5.56 Å². The first-order chi connectivity index (χ1) is 15.2. The van der Waals surface area contributed by atoms with E-state index in [9.17, 15) is 14.9 Å². The number of methoxy groups -OCH3 is 1. The number of carbonyl (C=O) groups excluding carboxylic acids is 1. The number of nitrogens with zero attached hydrogens (tertiary/aromatic N) is 1. The molecule has 6 heteroatoms. The van der Waals surface area contributed by atoms with E-state index in [2.05, 4.69) is 20.8 Å². The van der Waals surface area contributed by atoms with Crippen molar-refractivity contribution >= 4 is 17.5 Å². The van der Waals surface area contributed by atoms with Gasteiger partial charge in [0.05, 0.1) is 12.0 Å².